The normalized spacial score (nSPS) is 11.0. The Kier molecular flexibility index (Phi) is 5.32. The summed E-state index contributed by atoms with van der Waals surface area (Å²) in [5.41, 5.74) is 3.52. The highest BCUT2D eigenvalue weighted by molar-refractivity contribution is 5.98. The Morgan fingerprint density at radius 2 is 1.77 bits per heavy atom. The van der Waals surface area contributed by atoms with Crippen molar-refractivity contribution in [2.75, 3.05) is 10.6 Å². The number of amides is 1. The zero-order valence-corrected chi connectivity index (χ0v) is 15.8. The molecule has 0 spiro atoms. The maximum absolute atomic E-state index is 14.0. The van der Waals surface area contributed by atoms with E-state index in [1.807, 2.05) is 0 Å². The molecule has 3 rings (SSSR count). The second kappa shape index (κ2) is 7.73. The van der Waals surface area contributed by atoms with Crippen LogP contribution >= 0.6 is 0 Å². The molecule has 12 heteroatoms. The number of carboxylic acid groups (broad SMARTS) is 1. The van der Waals surface area contributed by atoms with Gasteiger partial charge in [0.2, 0.25) is 0 Å². The molecular formula is C18H16F2N6O4. The number of carbonyl (C=O) groups excluding carboxylic acids is 1. The maximum atomic E-state index is 14.0. The first-order chi connectivity index (χ1) is 14.1. The third-order valence-electron chi connectivity index (χ3n) is 4.18. The number of nitrogens with zero attached hydrogens (tertiary/aromatic N) is 5. The highest BCUT2D eigenvalue weighted by Crippen LogP contribution is 2.24. The molecule has 0 radical (unpaired) electrons. The lowest BCUT2D eigenvalue weighted by Gasteiger charge is -2.26. The smallest absolute Gasteiger partial charge is 0.377 e. The molecule has 0 unspecified atom stereocenters. The van der Waals surface area contributed by atoms with Crippen molar-refractivity contribution in [1.82, 2.24) is 19.8 Å². The molecule has 0 atom stereocenters. The van der Waals surface area contributed by atoms with Crippen LogP contribution in [0.3, 0.4) is 0 Å². The van der Waals surface area contributed by atoms with Crippen molar-refractivity contribution in [1.29, 1.82) is 0 Å². The summed E-state index contributed by atoms with van der Waals surface area (Å²) in [7, 11) is 0. The molecule has 10 nitrogen and oxygen atoms in total. The van der Waals surface area contributed by atoms with Crippen LogP contribution in [0, 0.1) is 11.6 Å². The molecule has 3 aromatic rings. The molecule has 1 aromatic heterocycles. The van der Waals surface area contributed by atoms with Gasteiger partial charge in [-0.25, -0.2) is 23.2 Å². The van der Waals surface area contributed by atoms with Crippen LogP contribution in [-0.2, 0) is 0 Å². The van der Waals surface area contributed by atoms with Gasteiger partial charge in [0, 0.05) is 17.4 Å². The van der Waals surface area contributed by atoms with Crippen LogP contribution in [-0.4, -0.2) is 42.9 Å². The number of tetrazole rings is 1. The topological polar surface area (TPSA) is 136 Å². The number of aromatic carboxylic acids is 1. The maximum Gasteiger partial charge on any atom is 0.377 e. The summed E-state index contributed by atoms with van der Waals surface area (Å²) < 4.78 is 28.6. The molecule has 3 N–H and O–H groups in total. The van der Waals surface area contributed by atoms with Gasteiger partial charge in [-0.2, -0.15) is 4.68 Å². The van der Waals surface area contributed by atoms with E-state index in [2.05, 4.69) is 10.4 Å². The van der Waals surface area contributed by atoms with Crippen molar-refractivity contribution in [3.05, 3.63) is 64.1 Å². The second-order valence-corrected chi connectivity index (χ2v) is 6.48. The lowest BCUT2D eigenvalue weighted by atomic mass is 10.1. The van der Waals surface area contributed by atoms with E-state index in [1.54, 1.807) is 13.8 Å². The molecule has 0 aliphatic carbocycles. The molecule has 0 aliphatic rings. The minimum Gasteiger partial charge on any atom is -0.478 e. The monoisotopic (exact) mass is 418 g/mol. The van der Waals surface area contributed by atoms with Gasteiger partial charge in [-0.15, -0.1) is 4.68 Å². The molecule has 30 heavy (non-hydrogen) atoms. The summed E-state index contributed by atoms with van der Waals surface area (Å²) >= 11 is 0. The zero-order chi connectivity index (χ0) is 22.2. The van der Waals surface area contributed by atoms with Crippen LogP contribution in [0.4, 0.5) is 25.0 Å². The number of carbonyl (C=O) groups is 2. The van der Waals surface area contributed by atoms with E-state index < -0.39 is 41.1 Å². The summed E-state index contributed by atoms with van der Waals surface area (Å²) in [4.78, 5) is 38.0. The van der Waals surface area contributed by atoms with Crippen molar-refractivity contribution >= 4 is 23.4 Å². The van der Waals surface area contributed by atoms with Crippen LogP contribution in [0.1, 0.15) is 24.2 Å². The van der Waals surface area contributed by atoms with E-state index in [0.29, 0.717) is 9.36 Å². The Hall–Kier alpha value is -4.09. The zero-order valence-electron chi connectivity index (χ0n) is 15.8. The number of rotatable bonds is 4. The predicted octanol–water partition coefficient (Wildman–Crippen LogP) is 1.87. The Labute approximate surface area is 167 Å². The number of hydrogen-bond donors (Lipinski definition) is 2. The van der Waals surface area contributed by atoms with Crippen LogP contribution < -0.4 is 16.3 Å². The first-order valence-electron chi connectivity index (χ1n) is 8.59. The van der Waals surface area contributed by atoms with Gasteiger partial charge in [-0.3, -0.25) is 4.90 Å². The summed E-state index contributed by atoms with van der Waals surface area (Å²) in [6.07, 6.45) is 0. The van der Waals surface area contributed by atoms with Crippen molar-refractivity contribution in [3.8, 4) is 5.69 Å². The first-order valence-corrected chi connectivity index (χ1v) is 8.59. The molecule has 0 saturated heterocycles. The molecule has 0 aliphatic heterocycles. The lowest BCUT2D eigenvalue weighted by molar-refractivity contribution is 0.0698. The fraction of sp³-hybridized carbons (Fsp3) is 0.167. The minimum atomic E-state index is -1.30. The Balaban J connectivity index is 2.09. The molecule has 2 aromatic carbocycles. The number of halogens is 2. The van der Waals surface area contributed by atoms with Gasteiger partial charge in [0.05, 0.1) is 5.56 Å². The van der Waals surface area contributed by atoms with Gasteiger partial charge in [0.25, 0.3) is 0 Å². The van der Waals surface area contributed by atoms with E-state index in [4.69, 9.17) is 5.73 Å². The summed E-state index contributed by atoms with van der Waals surface area (Å²) in [5.74, 6) is -3.44. The number of para-hydroxylation sites is 1. The quantitative estimate of drug-likeness (QED) is 0.487. The van der Waals surface area contributed by atoms with E-state index in [1.165, 1.54) is 18.2 Å². The predicted molar refractivity (Wildman–Crippen MR) is 102 cm³/mol. The largest absolute Gasteiger partial charge is 0.478 e. The summed E-state index contributed by atoms with van der Waals surface area (Å²) in [5, 5.41) is 16.1. The number of benzene rings is 2. The Morgan fingerprint density at radius 3 is 2.33 bits per heavy atom. The third kappa shape index (κ3) is 3.50. The average molecular weight is 418 g/mol. The number of nitrogens with two attached hydrogens (primary N) is 1. The SMILES string of the molecule is CC(C)N(C(=O)n1nnn(-c2c(F)cccc2F)c1=O)c1ccc(N)c(C(=O)O)c1. The molecule has 0 fully saturated rings. The minimum absolute atomic E-state index is 0.0134. The van der Waals surface area contributed by atoms with Gasteiger partial charge in [-0.1, -0.05) is 6.07 Å². The van der Waals surface area contributed by atoms with E-state index in [9.17, 15) is 28.3 Å². The van der Waals surface area contributed by atoms with Crippen molar-refractivity contribution in [3.63, 3.8) is 0 Å². The van der Waals surface area contributed by atoms with Crippen LogP contribution in [0.5, 0.6) is 0 Å². The first kappa shape index (κ1) is 20.6. The standard InChI is InChI=1S/C18H16F2N6O4/c1-9(2)24(10-6-7-14(21)11(8-10)16(27)28)17(29)26-18(30)25(22-23-26)15-12(19)4-3-5-13(15)20/h3-9H,21H2,1-2H3,(H,27,28). The molecule has 0 saturated carbocycles. The fourth-order valence-electron chi connectivity index (χ4n) is 2.81. The van der Waals surface area contributed by atoms with Gasteiger partial charge in [0.1, 0.15) is 5.69 Å². The van der Waals surface area contributed by atoms with Crippen molar-refractivity contribution in [2.24, 2.45) is 0 Å². The summed E-state index contributed by atoms with van der Waals surface area (Å²) in [6.45, 7) is 3.22. The average Bonchev–Trinajstić information content (AvgIpc) is 3.04. The Bertz CT molecular complexity index is 1180. The molecular weight excluding hydrogens is 402 g/mol. The van der Waals surface area contributed by atoms with E-state index in [0.717, 1.165) is 23.1 Å². The third-order valence-corrected chi connectivity index (χ3v) is 4.18. The van der Waals surface area contributed by atoms with Crippen molar-refractivity contribution in [2.45, 2.75) is 19.9 Å². The van der Waals surface area contributed by atoms with Crippen LogP contribution in [0.25, 0.3) is 5.69 Å². The number of hydrogen-bond acceptors (Lipinski definition) is 6. The van der Waals surface area contributed by atoms with Gasteiger partial charge in [-0.05, 0) is 54.6 Å². The van der Waals surface area contributed by atoms with E-state index >= 15 is 0 Å². The second-order valence-electron chi connectivity index (χ2n) is 6.48. The lowest BCUT2D eigenvalue weighted by Crippen LogP contribution is -2.44. The van der Waals surface area contributed by atoms with Gasteiger partial charge < -0.3 is 10.8 Å². The van der Waals surface area contributed by atoms with Gasteiger partial charge >= 0.3 is 17.7 Å². The molecule has 156 valence electrons. The van der Waals surface area contributed by atoms with E-state index in [-0.39, 0.29) is 16.9 Å². The van der Waals surface area contributed by atoms with Crippen molar-refractivity contribution < 1.29 is 23.5 Å². The van der Waals surface area contributed by atoms with Crippen LogP contribution in [0.2, 0.25) is 0 Å². The highest BCUT2D eigenvalue weighted by atomic mass is 19.1. The number of nitrogen functional groups attached to an aromatic ring is 1. The molecule has 1 amide bonds. The van der Waals surface area contributed by atoms with Gasteiger partial charge in [0.15, 0.2) is 11.6 Å². The molecule has 1 heterocycles. The Morgan fingerprint density at radius 1 is 1.13 bits per heavy atom. The van der Waals surface area contributed by atoms with Crippen LogP contribution in [0.15, 0.2) is 41.2 Å². The molecule has 0 bridgehead atoms. The summed E-state index contributed by atoms with van der Waals surface area (Å²) in [6, 6.07) is 5.27. The highest BCUT2D eigenvalue weighted by Gasteiger charge is 2.27. The number of aromatic nitrogens is 4. The fourth-order valence-corrected chi connectivity index (χ4v) is 2.81. The number of carboxylic acids is 1. The number of anilines is 2.